The van der Waals surface area contributed by atoms with Crippen molar-refractivity contribution in [3.05, 3.63) is 29.8 Å². The Hall–Kier alpha value is -1.51. The zero-order valence-electron chi connectivity index (χ0n) is 12.5. The molecule has 0 saturated heterocycles. The lowest BCUT2D eigenvalue weighted by atomic mass is 9.98. The zero-order chi connectivity index (χ0) is 14.4. The van der Waals surface area contributed by atoms with Crippen LogP contribution < -0.4 is 5.73 Å². The summed E-state index contributed by atoms with van der Waals surface area (Å²) in [4.78, 5) is 14.6. The normalized spacial score (nSPS) is 16.6. The van der Waals surface area contributed by atoms with Crippen LogP contribution in [-0.2, 0) is 11.3 Å². The van der Waals surface area contributed by atoms with Gasteiger partial charge in [0, 0.05) is 24.7 Å². The molecule has 3 heteroatoms. The van der Waals surface area contributed by atoms with Crippen molar-refractivity contribution in [3.63, 3.8) is 0 Å². The molecule has 1 aromatic carbocycles. The van der Waals surface area contributed by atoms with Crippen LogP contribution in [0, 0.1) is 5.92 Å². The third kappa shape index (κ3) is 3.99. The minimum atomic E-state index is 0.242. The van der Waals surface area contributed by atoms with Gasteiger partial charge >= 0.3 is 0 Å². The molecule has 0 bridgehead atoms. The number of nitrogens with zero attached hydrogens (tertiary/aromatic N) is 1. The number of nitrogen functional groups attached to an aromatic ring is 1. The van der Waals surface area contributed by atoms with Gasteiger partial charge in [-0.15, -0.1) is 0 Å². The van der Waals surface area contributed by atoms with E-state index in [-0.39, 0.29) is 5.92 Å². The second-order valence-corrected chi connectivity index (χ2v) is 5.78. The van der Waals surface area contributed by atoms with Crippen molar-refractivity contribution in [2.45, 2.75) is 52.0 Å². The molecule has 110 valence electrons. The van der Waals surface area contributed by atoms with Crippen LogP contribution in [0.25, 0.3) is 0 Å². The van der Waals surface area contributed by atoms with Crippen LogP contribution in [0.15, 0.2) is 24.3 Å². The van der Waals surface area contributed by atoms with E-state index >= 15 is 0 Å². The molecule has 1 aliphatic carbocycles. The summed E-state index contributed by atoms with van der Waals surface area (Å²) in [5.41, 5.74) is 7.63. The van der Waals surface area contributed by atoms with E-state index in [1.807, 2.05) is 29.2 Å². The van der Waals surface area contributed by atoms with Gasteiger partial charge in [-0.1, -0.05) is 37.8 Å². The highest BCUT2D eigenvalue weighted by atomic mass is 16.2. The molecule has 1 aliphatic rings. The SMILES string of the molecule is CCN(Cc1ccc(N)cc1)C(=O)C1CCCCCC1. The van der Waals surface area contributed by atoms with Crippen LogP contribution in [0.2, 0.25) is 0 Å². The molecule has 1 saturated carbocycles. The summed E-state index contributed by atoms with van der Waals surface area (Å²) in [6.07, 6.45) is 7.11. The first-order chi connectivity index (χ1) is 9.70. The fourth-order valence-corrected chi connectivity index (χ4v) is 2.97. The maximum atomic E-state index is 12.7. The molecule has 0 aromatic heterocycles. The molecule has 1 aromatic rings. The maximum Gasteiger partial charge on any atom is 0.225 e. The van der Waals surface area contributed by atoms with Crippen molar-refractivity contribution in [3.8, 4) is 0 Å². The van der Waals surface area contributed by atoms with E-state index in [1.165, 1.54) is 25.7 Å². The first-order valence-corrected chi connectivity index (χ1v) is 7.84. The molecule has 2 N–H and O–H groups in total. The number of hydrogen-bond acceptors (Lipinski definition) is 2. The van der Waals surface area contributed by atoms with Crippen molar-refractivity contribution >= 4 is 11.6 Å². The molecule has 3 nitrogen and oxygen atoms in total. The number of hydrogen-bond donors (Lipinski definition) is 1. The summed E-state index contributed by atoms with van der Waals surface area (Å²) in [5.74, 6) is 0.581. The average Bonchev–Trinajstić information content (AvgIpc) is 2.75. The van der Waals surface area contributed by atoms with Gasteiger partial charge in [0.25, 0.3) is 0 Å². The molecule has 0 aliphatic heterocycles. The first-order valence-electron chi connectivity index (χ1n) is 7.84. The lowest BCUT2D eigenvalue weighted by Gasteiger charge is -2.26. The average molecular weight is 274 g/mol. The second-order valence-electron chi connectivity index (χ2n) is 5.78. The third-order valence-corrected chi connectivity index (χ3v) is 4.25. The standard InChI is InChI=1S/C17H26N2O/c1-2-19(13-14-9-11-16(18)12-10-14)17(20)15-7-5-3-4-6-8-15/h9-12,15H,2-8,13,18H2,1H3. The van der Waals surface area contributed by atoms with E-state index < -0.39 is 0 Å². The van der Waals surface area contributed by atoms with Gasteiger partial charge in [-0.2, -0.15) is 0 Å². The van der Waals surface area contributed by atoms with Crippen LogP contribution in [0.3, 0.4) is 0 Å². The summed E-state index contributed by atoms with van der Waals surface area (Å²) >= 11 is 0. The van der Waals surface area contributed by atoms with Crippen LogP contribution in [0.4, 0.5) is 5.69 Å². The largest absolute Gasteiger partial charge is 0.399 e. The minimum absolute atomic E-state index is 0.242. The van der Waals surface area contributed by atoms with Gasteiger partial charge in [-0.25, -0.2) is 0 Å². The Balaban J connectivity index is 1.99. The van der Waals surface area contributed by atoms with E-state index in [1.54, 1.807) is 0 Å². The van der Waals surface area contributed by atoms with E-state index in [9.17, 15) is 4.79 Å². The fraction of sp³-hybridized carbons (Fsp3) is 0.588. The number of rotatable bonds is 4. The highest BCUT2D eigenvalue weighted by Gasteiger charge is 2.24. The summed E-state index contributed by atoms with van der Waals surface area (Å²) < 4.78 is 0. The Bertz CT molecular complexity index is 419. The van der Waals surface area contributed by atoms with Crippen molar-refractivity contribution in [1.29, 1.82) is 0 Å². The Morgan fingerprint density at radius 3 is 2.30 bits per heavy atom. The van der Waals surface area contributed by atoms with Gasteiger partial charge < -0.3 is 10.6 Å². The van der Waals surface area contributed by atoms with E-state index in [2.05, 4.69) is 6.92 Å². The molecule has 0 spiro atoms. The van der Waals surface area contributed by atoms with Crippen LogP contribution in [0.5, 0.6) is 0 Å². The molecule has 0 radical (unpaired) electrons. The lowest BCUT2D eigenvalue weighted by Crippen LogP contribution is -2.35. The molecule has 1 fully saturated rings. The quantitative estimate of drug-likeness (QED) is 0.673. The van der Waals surface area contributed by atoms with Gasteiger partial charge in [-0.05, 0) is 37.5 Å². The highest BCUT2D eigenvalue weighted by Crippen LogP contribution is 2.25. The fourth-order valence-electron chi connectivity index (χ4n) is 2.97. The highest BCUT2D eigenvalue weighted by molar-refractivity contribution is 5.78. The first kappa shape index (κ1) is 14.9. The van der Waals surface area contributed by atoms with Crippen LogP contribution >= 0.6 is 0 Å². The number of nitrogens with two attached hydrogens (primary N) is 1. The smallest absolute Gasteiger partial charge is 0.225 e. The molecule has 0 atom stereocenters. The van der Waals surface area contributed by atoms with Gasteiger partial charge in [-0.3, -0.25) is 4.79 Å². The predicted octanol–water partition coefficient (Wildman–Crippen LogP) is 3.59. The second kappa shape index (κ2) is 7.32. The number of benzene rings is 1. The molecule has 20 heavy (non-hydrogen) atoms. The summed E-state index contributed by atoms with van der Waals surface area (Å²) in [5, 5.41) is 0. The number of anilines is 1. The van der Waals surface area contributed by atoms with Gasteiger partial charge in [0.15, 0.2) is 0 Å². The molecular formula is C17H26N2O. The topological polar surface area (TPSA) is 46.3 Å². The van der Waals surface area contributed by atoms with Gasteiger partial charge in [0.2, 0.25) is 5.91 Å². The Kier molecular flexibility index (Phi) is 5.45. The van der Waals surface area contributed by atoms with Crippen LogP contribution in [0.1, 0.15) is 51.0 Å². The Morgan fingerprint density at radius 2 is 1.75 bits per heavy atom. The molecule has 0 unspecified atom stereocenters. The van der Waals surface area contributed by atoms with Crippen molar-refractivity contribution in [1.82, 2.24) is 4.90 Å². The Morgan fingerprint density at radius 1 is 1.15 bits per heavy atom. The Labute approximate surface area is 122 Å². The van der Waals surface area contributed by atoms with Crippen molar-refractivity contribution in [2.75, 3.05) is 12.3 Å². The number of carbonyl (C=O) groups excluding carboxylic acids is 1. The maximum absolute atomic E-state index is 12.7. The molecule has 0 heterocycles. The summed E-state index contributed by atoms with van der Waals surface area (Å²) in [7, 11) is 0. The zero-order valence-corrected chi connectivity index (χ0v) is 12.5. The number of amides is 1. The van der Waals surface area contributed by atoms with Gasteiger partial charge in [0.05, 0.1) is 0 Å². The lowest BCUT2D eigenvalue weighted by molar-refractivity contribution is -0.136. The van der Waals surface area contributed by atoms with Crippen molar-refractivity contribution < 1.29 is 4.79 Å². The van der Waals surface area contributed by atoms with Gasteiger partial charge in [0.1, 0.15) is 0 Å². The van der Waals surface area contributed by atoms with E-state index in [0.29, 0.717) is 12.5 Å². The third-order valence-electron chi connectivity index (χ3n) is 4.25. The van der Waals surface area contributed by atoms with E-state index in [0.717, 1.165) is 30.6 Å². The van der Waals surface area contributed by atoms with E-state index in [4.69, 9.17) is 5.73 Å². The molecular weight excluding hydrogens is 248 g/mol. The summed E-state index contributed by atoms with van der Waals surface area (Å²) in [6, 6.07) is 7.83. The van der Waals surface area contributed by atoms with Crippen LogP contribution in [-0.4, -0.2) is 17.4 Å². The summed E-state index contributed by atoms with van der Waals surface area (Å²) in [6.45, 7) is 3.54. The number of carbonyl (C=O) groups is 1. The van der Waals surface area contributed by atoms with Crippen molar-refractivity contribution in [2.24, 2.45) is 5.92 Å². The molecule has 2 rings (SSSR count). The monoisotopic (exact) mass is 274 g/mol. The minimum Gasteiger partial charge on any atom is -0.399 e. The molecule has 1 amide bonds. The predicted molar refractivity (Wildman–Crippen MR) is 83.1 cm³/mol.